The Hall–Kier alpha value is -1.96. The Morgan fingerprint density at radius 1 is 1.10 bits per heavy atom. The first kappa shape index (κ1) is 16.1. The summed E-state index contributed by atoms with van der Waals surface area (Å²) < 4.78 is 4.93. The van der Waals surface area contributed by atoms with Gasteiger partial charge >= 0.3 is 11.9 Å². The maximum absolute atomic E-state index is 11.9. The van der Waals surface area contributed by atoms with Gasteiger partial charge in [-0.05, 0) is 12.1 Å². The van der Waals surface area contributed by atoms with E-state index in [0.29, 0.717) is 0 Å². The maximum Gasteiger partial charge on any atom is 0.339 e. The summed E-state index contributed by atoms with van der Waals surface area (Å²) >= 11 is 0. The van der Waals surface area contributed by atoms with Crippen molar-refractivity contribution in [2.75, 3.05) is 13.2 Å². The predicted molar refractivity (Wildman–Crippen MR) is 67.4 cm³/mol. The normalized spacial score (nSPS) is 13.6. The third kappa shape index (κ3) is 4.30. The zero-order valence-electron chi connectivity index (χ0n) is 10.6. The van der Waals surface area contributed by atoms with Gasteiger partial charge in [0.25, 0.3) is 0 Å². The molecule has 7 nitrogen and oxygen atoms in total. The summed E-state index contributed by atoms with van der Waals surface area (Å²) in [6.45, 7) is -1.07. The second-order valence-corrected chi connectivity index (χ2v) is 4.13. The van der Waals surface area contributed by atoms with Gasteiger partial charge in [-0.25, -0.2) is 9.59 Å². The van der Waals surface area contributed by atoms with Crippen LogP contribution in [0.4, 0.5) is 0 Å². The molecule has 0 aliphatic heterocycles. The van der Waals surface area contributed by atoms with Gasteiger partial charge in [-0.1, -0.05) is 12.1 Å². The maximum atomic E-state index is 11.9. The molecule has 110 valence electrons. The molecule has 0 radical (unpaired) electrons. The molecule has 0 saturated heterocycles. The van der Waals surface area contributed by atoms with E-state index >= 15 is 0 Å². The Balaban J connectivity index is 2.82. The molecule has 1 rings (SSSR count). The van der Waals surface area contributed by atoms with Gasteiger partial charge in [-0.3, -0.25) is 0 Å². The minimum absolute atomic E-state index is 0.142. The summed E-state index contributed by atoms with van der Waals surface area (Å²) in [6.07, 6.45) is -2.30. The van der Waals surface area contributed by atoms with Gasteiger partial charge in [0.15, 0.2) is 0 Å². The largest absolute Gasteiger partial charge is 0.478 e. The van der Waals surface area contributed by atoms with Crippen LogP contribution in [-0.2, 0) is 4.74 Å². The highest BCUT2D eigenvalue weighted by Crippen LogP contribution is 2.13. The lowest BCUT2D eigenvalue weighted by molar-refractivity contribution is -0.0131. The van der Waals surface area contributed by atoms with Crippen LogP contribution < -0.4 is 0 Å². The molecule has 0 aliphatic carbocycles. The predicted octanol–water partition coefficient (Wildman–Crippen LogP) is -0.354. The zero-order chi connectivity index (χ0) is 15.1. The molecule has 2 unspecified atom stereocenters. The third-order valence-electron chi connectivity index (χ3n) is 2.60. The first-order valence-electron chi connectivity index (χ1n) is 5.92. The number of esters is 1. The van der Waals surface area contributed by atoms with Crippen LogP contribution in [0.3, 0.4) is 0 Å². The Labute approximate surface area is 115 Å². The Morgan fingerprint density at radius 3 is 2.20 bits per heavy atom. The van der Waals surface area contributed by atoms with Crippen molar-refractivity contribution >= 4 is 11.9 Å². The smallest absolute Gasteiger partial charge is 0.339 e. The monoisotopic (exact) mass is 284 g/mol. The highest BCUT2D eigenvalue weighted by atomic mass is 16.6. The summed E-state index contributed by atoms with van der Waals surface area (Å²) in [5.41, 5.74) is -0.353. The Morgan fingerprint density at radius 2 is 1.70 bits per heavy atom. The average Bonchev–Trinajstić information content (AvgIpc) is 2.45. The second kappa shape index (κ2) is 7.59. The molecule has 0 aliphatic rings. The van der Waals surface area contributed by atoms with Gasteiger partial charge in [-0.15, -0.1) is 0 Å². The molecule has 0 amide bonds. The lowest BCUT2D eigenvalue weighted by Gasteiger charge is -2.18. The molecular formula is C13H16O7. The van der Waals surface area contributed by atoms with E-state index in [0.717, 1.165) is 0 Å². The summed E-state index contributed by atoms with van der Waals surface area (Å²) in [7, 11) is 0. The molecule has 20 heavy (non-hydrogen) atoms. The van der Waals surface area contributed by atoms with Gasteiger partial charge in [-0.2, -0.15) is 0 Å². The van der Waals surface area contributed by atoms with Crippen LogP contribution >= 0.6 is 0 Å². The van der Waals surface area contributed by atoms with Gasteiger partial charge in [0.05, 0.1) is 30.4 Å². The van der Waals surface area contributed by atoms with Crippen LogP contribution in [0.15, 0.2) is 24.3 Å². The van der Waals surface area contributed by atoms with E-state index in [1.807, 2.05) is 0 Å². The van der Waals surface area contributed by atoms with E-state index in [9.17, 15) is 14.7 Å². The van der Waals surface area contributed by atoms with Crippen molar-refractivity contribution in [1.82, 2.24) is 0 Å². The van der Waals surface area contributed by atoms with Crippen LogP contribution in [0.25, 0.3) is 0 Å². The fourth-order valence-electron chi connectivity index (χ4n) is 1.60. The van der Waals surface area contributed by atoms with Crippen molar-refractivity contribution in [2.24, 2.45) is 0 Å². The molecule has 2 atom stereocenters. The third-order valence-corrected chi connectivity index (χ3v) is 2.60. The molecule has 1 aromatic rings. The van der Waals surface area contributed by atoms with Crippen LogP contribution in [-0.4, -0.2) is 57.8 Å². The fraction of sp³-hybridized carbons (Fsp3) is 0.385. The number of aliphatic hydroxyl groups excluding tert-OH is 3. The number of aromatic carboxylic acids is 1. The number of ether oxygens (including phenoxy) is 1. The number of carboxylic acid groups (broad SMARTS) is 1. The Kier molecular flexibility index (Phi) is 6.10. The number of benzene rings is 1. The first-order valence-corrected chi connectivity index (χ1v) is 5.92. The number of rotatable bonds is 7. The van der Waals surface area contributed by atoms with Crippen LogP contribution in [0.1, 0.15) is 27.1 Å². The van der Waals surface area contributed by atoms with Crippen molar-refractivity contribution in [3.63, 3.8) is 0 Å². The molecule has 4 N–H and O–H groups in total. The van der Waals surface area contributed by atoms with Gasteiger partial charge in [0, 0.05) is 6.42 Å². The van der Waals surface area contributed by atoms with Gasteiger partial charge < -0.3 is 25.2 Å². The fourth-order valence-corrected chi connectivity index (χ4v) is 1.60. The summed E-state index contributed by atoms with van der Waals surface area (Å²) in [4.78, 5) is 22.8. The number of carbonyl (C=O) groups excluding carboxylic acids is 1. The molecular weight excluding hydrogens is 268 g/mol. The van der Waals surface area contributed by atoms with E-state index in [-0.39, 0.29) is 17.5 Å². The number of carbonyl (C=O) groups is 2. The number of hydrogen-bond acceptors (Lipinski definition) is 6. The molecule has 0 heterocycles. The van der Waals surface area contributed by atoms with Crippen molar-refractivity contribution in [3.05, 3.63) is 35.4 Å². The molecule has 0 spiro atoms. The van der Waals surface area contributed by atoms with Gasteiger partial charge in [0.1, 0.15) is 6.10 Å². The minimum atomic E-state index is -1.27. The summed E-state index contributed by atoms with van der Waals surface area (Å²) in [5.74, 6) is -2.18. The topological polar surface area (TPSA) is 124 Å². The average molecular weight is 284 g/mol. The number of carboxylic acids is 1. The van der Waals surface area contributed by atoms with Crippen molar-refractivity contribution in [1.29, 1.82) is 0 Å². The highest BCUT2D eigenvalue weighted by Gasteiger charge is 2.22. The van der Waals surface area contributed by atoms with E-state index in [1.54, 1.807) is 0 Å². The molecule has 7 heteroatoms. The van der Waals surface area contributed by atoms with E-state index in [4.69, 9.17) is 20.1 Å². The van der Waals surface area contributed by atoms with E-state index < -0.39 is 37.4 Å². The van der Waals surface area contributed by atoms with Gasteiger partial charge in [0.2, 0.25) is 0 Å². The molecule has 0 fully saturated rings. The lowest BCUT2D eigenvalue weighted by Crippen LogP contribution is -2.29. The van der Waals surface area contributed by atoms with Crippen LogP contribution in [0.5, 0.6) is 0 Å². The molecule has 0 aromatic heterocycles. The number of aliphatic hydroxyl groups is 3. The quantitative estimate of drug-likeness (QED) is 0.504. The van der Waals surface area contributed by atoms with E-state index in [2.05, 4.69) is 0 Å². The lowest BCUT2D eigenvalue weighted by atomic mass is 10.1. The highest BCUT2D eigenvalue weighted by molar-refractivity contribution is 6.02. The van der Waals surface area contributed by atoms with Crippen LogP contribution in [0.2, 0.25) is 0 Å². The summed E-state index contributed by atoms with van der Waals surface area (Å²) in [6, 6.07) is 5.51. The number of hydrogen-bond donors (Lipinski definition) is 4. The van der Waals surface area contributed by atoms with Crippen molar-refractivity contribution < 1.29 is 34.8 Å². The summed E-state index contributed by atoms with van der Waals surface area (Å²) in [5, 5.41) is 36.0. The minimum Gasteiger partial charge on any atom is -0.478 e. The first-order chi connectivity index (χ1) is 9.49. The SMILES string of the molecule is O=C(O)c1ccccc1C(=O)OC(CO)CC(O)CO. The molecule has 1 aromatic carbocycles. The molecule has 0 saturated carbocycles. The van der Waals surface area contributed by atoms with E-state index in [1.165, 1.54) is 24.3 Å². The second-order valence-electron chi connectivity index (χ2n) is 4.13. The van der Waals surface area contributed by atoms with Crippen LogP contribution in [0, 0.1) is 0 Å². The molecule has 0 bridgehead atoms. The van der Waals surface area contributed by atoms with Crippen molar-refractivity contribution in [3.8, 4) is 0 Å². The standard InChI is InChI=1S/C13H16O7/c14-6-8(16)5-9(7-15)20-13(19)11-4-2-1-3-10(11)12(17)18/h1-4,8-9,14-16H,5-7H2,(H,17,18). The zero-order valence-corrected chi connectivity index (χ0v) is 10.6. The Bertz CT molecular complexity index is 472. The van der Waals surface area contributed by atoms with Crippen molar-refractivity contribution in [2.45, 2.75) is 18.6 Å².